The van der Waals surface area contributed by atoms with E-state index in [0.29, 0.717) is 44.8 Å². The molecule has 0 saturated heterocycles. The fraction of sp³-hybridized carbons (Fsp3) is 0.0400. The van der Waals surface area contributed by atoms with Gasteiger partial charge in [-0.2, -0.15) is 0 Å². The number of hydrogen-bond donors (Lipinski definition) is 2. The lowest BCUT2D eigenvalue weighted by molar-refractivity contribution is 0.0697. The van der Waals surface area contributed by atoms with Crippen LogP contribution in [0.25, 0.3) is 11.3 Å². The van der Waals surface area contributed by atoms with Crippen molar-refractivity contribution < 1.29 is 14.3 Å². The number of nitrogens with one attached hydrogen (secondary N) is 1. The van der Waals surface area contributed by atoms with Gasteiger partial charge in [0.2, 0.25) is 5.95 Å². The molecule has 33 heavy (non-hydrogen) atoms. The molecule has 3 aromatic carbocycles. The van der Waals surface area contributed by atoms with Gasteiger partial charge in [-0.05, 0) is 42.5 Å². The minimum Gasteiger partial charge on any atom is -0.478 e. The van der Waals surface area contributed by atoms with E-state index in [0.717, 1.165) is 5.56 Å². The van der Waals surface area contributed by atoms with Crippen LogP contribution >= 0.6 is 11.6 Å². The Morgan fingerprint density at radius 2 is 1.76 bits per heavy atom. The summed E-state index contributed by atoms with van der Waals surface area (Å²) in [7, 11) is 0. The van der Waals surface area contributed by atoms with Crippen molar-refractivity contribution in [1.29, 1.82) is 0 Å². The zero-order valence-electron chi connectivity index (χ0n) is 17.1. The van der Waals surface area contributed by atoms with E-state index < -0.39 is 5.97 Å². The van der Waals surface area contributed by atoms with Crippen molar-refractivity contribution in [3.05, 3.63) is 106 Å². The van der Waals surface area contributed by atoms with Gasteiger partial charge in [0.25, 0.3) is 0 Å². The van der Waals surface area contributed by atoms with Crippen LogP contribution < -0.4 is 5.32 Å². The maximum Gasteiger partial charge on any atom is 0.335 e. The van der Waals surface area contributed by atoms with Crippen LogP contribution in [-0.4, -0.2) is 26.8 Å². The van der Waals surface area contributed by atoms with Gasteiger partial charge in [-0.1, -0.05) is 35.9 Å². The molecule has 0 aliphatic carbocycles. The number of aromatic nitrogens is 2. The number of carbonyl (C=O) groups is 1. The Morgan fingerprint density at radius 1 is 1.00 bits per heavy atom. The van der Waals surface area contributed by atoms with Gasteiger partial charge in [0.05, 0.1) is 28.5 Å². The zero-order chi connectivity index (χ0) is 22.9. The molecule has 4 aromatic rings. The minimum atomic E-state index is -1.00. The van der Waals surface area contributed by atoms with E-state index in [-0.39, 0.29) is 17.9 Å². The maximum absolute atomic E-state index is 14.6. The molecule has 1 aliphatic rings. The van der Waals surface area contributed by atoms with Crippen LogP contribution in [0.5, 0.6) is 0 Å². The molecule has 0 atom stereocenters. The molecule has 2 N–H and O–H groups in total. The lowest BCUT2D eigenvalue weighted by Gasteiger charge is -2.14. The molecule has 5 rings (SSSR count). The van der Waals surface area contributed by atoms with E-state index in [2.05, 4.69) is 20.3 Å². The number of hydrogen-bond acceptors (Lipinski definition) is 5. The van der Waals surface area contributed by atoms with Gasteiger partial charge in [-0.25, -0.2) is 19.2 Å². The van der Waals surface area contributed by atoms with Crippen molar-refractivity contribution >= 4 is 34.9 Å². The van der Waals surface area contributed by atoms with Crippen molar-refractivity contribution in [2.45, 2.75) is 6.54 Å². The molecule has 0 unspecified atom stereocenters. The number of aliphatic imine (C=N–C) groups is 1. The highest BCUT2D eigenvalue weighted by atomic mass is 35.5. The molecule has 0 radical (unpaired) electrons. The summed E-state index contributed by atoms with van der Waals surface area (Å²) in [6, 6.07) is 18.2. The van der Waals surface area contributed by atoms with Crippen LogP contribution in [0.3, 0.4) is 0 Å². The molecular formula is C25H16ClFN4O2. The number of anilines is 2. The summed E-state index contributed by atoms with van der Waals surface area (Å²) < 4.78 is 14.6. The minimum absolute atomic E-state index is 0.182. The lowest BCUT2D eigenvalue weighted by Crippen LogP contribution is -2.07. The Morgan fingerprint density at radius 3 is 2.52 bits per heavy atom. The monoisotopic (exact) mass is 458 g/mol. The predicted octanol–water partition coefficient (Wildman–Crippen LogP) is 5.73. The Kier molecular flexibility index (Phi) is 5.32. The highest BCUT2D eigenvalue weighted by molar-refractivity contribution is 6.35. The normalized spacial score (nSPS) is 12.2. The van der Waals surface area contributed by atoms with Gasteiger partial charge in [0, 0.05) is 34.1 Å². The fourth-order valence-corrected chi connectivity index (χ4v) is 3.98. The first kappa shape index (κ1) is 20.8. The Labute approximate surface area is 193 Å². The van der Waals surface area contributed by atoms with Gasteiger partial charge in [-0.3, -0.25) is 4.99 Å². The van der Waals surface area contributed by atoms with Gasteiger partial charge in [0.1, 0.15) is 5.82 Å². The number of fused-ring (bicyclic) bond motifs is 3. The average Bonchev–Trinajstić information content (AvgIpc) is 2.97. The number of rotatable bonds is 4. The second-order valence-corrected chi connectivity index (χ2v) is 7.79. The third-order valence-corrected chi connectivity index (χ3v) is 5.61. The van der Waals surface area contributed by atoms with E-state index in [1.54, 1.807) is 48.7 Å². The molecule has 0 amide bonds. The maximum atomic E-state index is 14.6. The summed E-state index contributed by atoms with van der Waals surface area (Å²) in [6.07, 6.45) is 1.66. The summed E-state index contributed by atoms with van der Waals surface area (Å²) in [5.74, 6) is -1.05. The standard InChI is InChI=1S/C25H16ClFN4O2/c26-19-6-3-5-18-21(19)22-15(12-28-23(18)17-4-1-2-7-20(17)27)13-29-25(31-22)30-16-10-8-14(9-11-16)24(32)33/h1-11,13H,12H2,(H,32,33)(H,29,30,31). The van der Waals surface area contributed by atoms with Crippen LogP contribution in [0.2, 0.25) is 5.02 Å². The molecule has 1 aromatic heterocycles. The molecule has 2 heterocycles. The molecule has 162 valence electrons. The van der Waals surface area contributed by atoms with Gasteiger partial charge < -0.3 is 10.4 Å². The van der Waals surface area contributed by atoms with E-state index in [4.69, 9.17) is 16.7 Å². The molecule has 6 nitrogen and oxygen atoms in total. The first-order valence-electron chi connectivity index (χ1n) is 10.1. The largest absolute Gasteiger partial charge is 0.478 e. The highest BCUT2D eigenvalue weighted by Gasteiger charge is 2.24. The predicted molar refractivity (Wildman–Crippen MR) is 125 cm³/mol. The average molecular weight is 459 g/mol. The van der Waals surface area contributed by atoms with Crippen LogP contribution in [0.1, 0.15) is 27.0 Å². The Balaban J connectivity index is 1.59. The van der Waals surface area contributed by atoms with Crippen LogP contribution in [-0.2, 0) is 6.54 Å². The number of aromatic carboxylic acids is 1. The Bertz CT molecular complexity index is 1420. The molecular weight excluding hydrogens is 443 g/mol. The fourth-order valence-electron chi connectivity index (χ4n) is 3.72. The molecule has 0 saturated carbocycles. The molecule has 0 fully saturated rings. The summed E-state index contributed by atoms with van der Waals surface area (Å²) >= 11 is 6.61. The second-order valence-electron chi connectivity index (χ2n) is 7.38. The molecule has 8 heteroatoms. The topological polar surface area (TPSA) is 87.5 Å². The van der Waals surface area contributed by atoms with Crippen molar-refractivity contribution in [3.8, 4) is 11.3 Å². The molecule has 0 spiro atoms. The van der Waals surface area contributed by atoms with Gasteiger partial charge in [-0.15, -0.1) is 0 Å². The number of halogens is 2. The second kappa shape index (κ2) is 8.44. The number of benzene rings is 3. The highest BCUT2D eigenvalue weighted by Crippen LogP contribution is 2.37. The third kappa shape index (κ3) is 3.94. The van der Waals surface area contributed by atoms with E-state index in [9.17, 15) is 9.18 Å². The lowest BCUT2D eigenvalue weighted by atomic mass is 9.95. The first-order valence-corrected chi connectivity index (χ1v) is 10.4. The summed E-state index contributed by atoms with van der Waals surface area (Å²) in [6.45, 7) is 0.262. The summed E-state index contributed by atoms with van der Waals surface area (Å²) in [4.78, 5) is 24.8. The van der Waals surface area contributed by atoms with E-state index in [1.807, 2.05) is 6.07 Å². The van der Waals surface area contributed by atoms with E-state index in [1.165, 1.54) is 18.2 Å². The summed E-state index contributed by atoms with van der Waals surface area (Å²) in [5, 5.41) is 12.6. The van der Waals surface area contributed by atoms with Crippen molar-refractivity contribution in [1.82, 2.24) is 9.97 Å². The number of nitrogens with zero attached hydrogens (tertiary/aromatic N) is 3. The van der Waals surface area contributed by atoms with E-state index >= 15 is 0 Å². The smallest absolute Gasteiger partial charge is 0.335 e. The Hall–Kier alpha value is -4.10. The van der Waals surface area contributed by atoms with Crippen molar-refractivity contribution in [2.75, 3.05) is 5.32 Å². The zero-order valence-corrected chi connectivity index (χ0v) is 17.8. The number of carboxylic acid groups (broad SMARTS) is 1. The van der Waals surface area contributed by atoms with Crippen LogP contribution in [0, 0.1) is 5.82 Å². The van der Waals surface area contributed by atoms with Crippen molar-refractivity contribution in [2.24, 2.45) is 4.99 Å². The van der Waals surface area contributed by atoms with Gasteiger partial charge >= 0.3 is 5.97 Å². The SMILES string of the molecule is O=C(O)c1ccc(Nc2ncc3c(n2)-c2c(Cl)cccc2C(c2ccccc2F)=NC3)cc1. The summed E-state index contributed by atoms with van der Waals surface area (Å²) in [5.41, 5.74) is 4.40. The van der Waals surface area contributed by atoms with Crippen molar-refractivity contribution in [3.63, 3.8) is 0 Å². The number of carboxylic acids is 1. The third-order valence-electron chi connectivity index (χ3n) is 5.29. The quantitative estimate of drug-likeness (QED) is 0.408. The molecule has 1 aliphatic heterocycles. The van der Waals surface area contributed by atoms with Gasteiger partial charge in [0.15, 0.2) is 0 Å². The van der Waals surface area contributed by atoms with Crippen LogP contribution in [0.4, 0.5) is 16.0 Å². The first-order chi connectivity index (χ1) is 16.0. The molecule has 0 bridgehead atoms. The van der Waals surface area contributed by atoms with Crippen LogP contribution in [0.15, 0.2) is 77.9 Å².